The zero-order chi connectivity index (χ0) is 39.6. The average Bonchev–Trinajstić information content (AvgIpc) is 3.89. The molecule has 1 atom stereocenters. The largest absolute Gasteiger partial charge is 0.490 e. The number of rotatable bonds is 14. The third-order valence-corrected chi connectivity index (χ3v) is 12.3. The van der Waals surface area contributed by atoms with Crippen molar-refractivity contribution in [2.45, 2.75) is 108 Å². The highest BCUT2D eigenvalue weighted by Crippen LogP contribution is 2.40. The summed E-state index contributed by atoms with van der Waals surface area (Å²) >= 11 is 0. The Morgan fingerprint density at radius 1 is 0.754 bits per heavy atom. The maximum absolute atomic E-state index is 14.8. The van der Waals surface area contributed by atoms with Crippen molar-refractivity contribution in [3.05, 3.63) is 82.2 Å². The quantitative estimate of drug-likeness (QED) is 0.106. The minimum absolute atomic E-state index is 0.0703. The van der Waals surface area contributed by atoms with Crippen LogP contribution in [0.4, 0.5) is 15.8 Å². The van der Waals surface area contributed by atoms with E-state index in [1.165, 1.54) is 15.9 Å². The van der Waals surface area contributed by atoms with Gasteiger partial charge in [-0.2, -0.15) is 0 Å². The lowest BCUT2D eigenvalue weighted by Gasteiger charge is -2.33. The number of nitrogens with one attached hydrogen (secondary N) is 1. The highest BCUT2D eigenvalue weighted by molar-refractivity contribution is 6.34. The normalized spacial score (nSPS) is 20.4. The number of hydrogen-bond donors (Lipinski definition) is 2. The number of imide groups is 2. The molecule has 3 aromatic carbocycles. The number of amides is 5. The average molecular weight is 780 g/mol. The fraction of sp³-hybridized carbons (Fsp3) is 0.477. The first-order chi connectivity index (χ1) is 27.6. The number of hydrogen-bond acceptors (Lipinski definition) is 9. The molecular weight excluding hydrogens is 730 g/mol. The van der Waals surface area contributed by atoms with Crippen molar-refractivity contribution in [1.82, 2.24) is 15.1 Å². The molecular formula is C44H50FN5O7. The minimum Gasteiger partial charge on any atom is -0.490 e. The van der Waals surface area contributed by atoms with E-state index >= 15 is 0 Å². The number of carbonyl (C=O) groups is 5. The number of unbranched alkanes of at least 4 members (excludes halogenated alkanes) is 4. The summed E-state index contributed by atoms with van der Waals surface area (Å²) in [6.07, 6.45) is 11.6. The minimum atomic E-state index is -0.719. The Kier molecular flexibility index (Phi) is 11.3. The van der Waals surface area contributed by atoms with Gasteiger partial charge < -0.3 is 25.0 Å². The molecule has 5 amide bonds. The van der Waals surface area contributed by atoms with E-state index in [4.69, 9.17) is 15.2 Å². The molecule has 5 aliphatic rings. The van der Waals surface area contributed by atoms with Gasteiger partial charge in [0, 0.05) is 30.3 Å². The van der Waals surface area contributed by atoms with E-state index < -0.39 is 23.7 Å². The van der Waals surface area contributed by atoms with E-state index in [1.807, 2.05) is 0 Å². The maximum atomic E-state index is 14.8. The SMILES string of the molecule is Nc1ccc2c(c1)C(=O)N(c1ccc(OCCCCCCCN3CCC(c4cc(F)cc5c4CN(C4CCC(=O)NC4=O)C5=O)CC3)c(OC3CCCC3)c1)C2=O. The summed E-state index contributed by atoms with van der Waals surface area (Å²) in [6.45, 7) is 3.60. The van der Waals surface area contributed by atoms with E-state index in [-0.39, 0.29) is 49.1 Å². The van der Waals surface area contributed by atoms with Crippen molar-refractivity contribution in [2.24, 2.45) is 0 Å². The number of halogens is 1. The highest BCUT2D eigenvalue weighted by Gasteiger charge is 2.41. The molecule has 8 rings (SSSR count). The van der Waals surface area contributed by atoms with Crippen molar-refractivity contribution in [2.75, 3.05) is 36.9 Å². The Labute approximate surface area is 331 Å². The highest BCUT2D eigenvalue weighted by atomic mass is 19.1. The number of benzene rings is 3. The predicted molar refractivity (Wildman–Crippen MR) is 211 cm³/mol. The van der Waals surface area contributed by atoms with E-state index in [0.717, 1.165) is 101 Å². The number of carbonyl (C=O) groups excluding carboxylic acids is 5. The van der Waals surface area contributed by atoms with Crippen LogP contribution in [0.5, 0.6) is 11.5 Å². The Balaban J connectivity index is 0.777. The first-order valence-electron chi connectivity index (χ1n) is 20.6. The van der Waals surface area contributed by atoms with Crippen LogP contribution in [0.3, 0.4) is 0 Å². The molecule has 0 bridgehead atoms. The summed E-state index contributed by atoms with van der Waals surface area (Å²) in [5.41, 5.74) is 9.43. The van der Waals surface area contributed by atoms with Gasteiger partial charge >= 0.3 is 0 Å². The van der Waals surface area contributed by atoms with Crippen molar-refractivity contribution >= 4 is 40.9 Å². The first-order valence-corrected chi connectivity index (χ1v) is 20.6. The van der Waals surface area contributed by atoms with Gasteiger partial charge in [0.1, 0.15) is 11.9 Å². The van der Waals surface area contributed by atoms with Gasteiger partial charge in [-0.15, -0.1) is 0 Å². The number of nitrogens with zero attached hydrogens (tertiary/aromatic N) is 3. The molecule has 4 heterocycles. The maximum Gasteiger partial charge on any atom is 0.266 e. The van der Waals surface area contributed by atoms with E-state index in [0.29, 0.717) is 46.2 Å². The third-order valence-electron chi connectivity index (χ3n) is 12.3. The number of piperidine rings is 2. The number of nitrogens with two attached hydrogens (primary N) is 1. The summed E-state index contributed by atoms with van der Waals surface area (Å²) in [7, 11) is 0. The van der Waals surface area contributed by atoms with Gasteiger partial charge in [-0.3, -0.25) is 29.3 Å². The number of likely N-dealkylation sites (tertiary alicyclic amines) is 1. The molecule has 0 radical (unpaired) electrons. The lowest BCUT2D eigenvalue weighted by Crippen LogP contribution is -2.52. The second kappa shape index (κ2) is 16.7. The lowest BCUT2D eigenvalue weighted by atomic mass is 9.85. The van der Waals surface area contributed by atoms with Crippen LogP contribution in [-0.2, 0) is 16.1 Å². The zero-order valence-corrected chi connectivity index (χ0v) is 32.2. The van der Waals surface area contributed by atoms with Crippen molar-refractivity contribution < 1.29 is 37.8 Å². The molecule has 57 heavy (non-hydrogen) atoms. The fourth-order valence-electron chi connectivity index (χ4n) is 9.16. The second-order valence-electron chi connectivity index (χ2n) is 16.1. The van der Waals surface area contributed by atoms with E-state index in [9.17, 15) is 28.4 Å². The Morgan fingerprint density at radius 3 is 2.30 bits per heavy atom. The standard InChI is InChI=1S/C44H50FN5O7/c45-28-22-33(36-26-49(42(53)34(36)23-28)37-13-15-40(51)47-41(37)52)27-16-19-48(20-17-27)18-6-2-1-3-7-21-56-38-14-11-30(25-39(38)57-31-8-4-5-9-31)50-43(54)32-12-10-29(46)24-35(32)44(50)55/h10-12,14,22-25,27,31,37H,1-9,13,15-21,26,46H2,(H,47,51,52). The predicted octanol–water partition coefficient (Wildman–Crippen LogP) is 6.50. The molecule has 0 spiro atoms. The first kappa shape index (κ1) is 38.6. The summed E-state index contributed by atoms with van der Waals surface area (Å²) in [5, 5.41) is 2.33. The van der Waals surface area contributed by atoms with Gasteiger partial charge in [0.2, 0.25) is 11.8 Å². The molecule has 4 aliphatic heterocycles. The monoisotopic (exact) mass is 779 g/mol. The molecule has 3 N–H and O–H groups in total. The van der Waals surface area contributed by atoms with Crippen molar-refractivity contribution in [3.63, 3.8) is 0 Å². The van der Waals surface area contributed by atoms with Crippen LogP contribution in [0.1, 0.15) is 132 Å². The van der Waals surface area contributed by atoms with E-state index in [1.54, 1.807) is 42.5 Å². The molecule has 13 heteroatoms. The molecule has 1 aliphatic carbocycles. The Morgan fingerprint density at radius 2 is 1.51 bits per heavy atom. The van der Waals surface area contributed by atoms with Crippen LogP contribution in [-0.4, -0.2) is 77.7 Å². The summed E-state index contributed by atoms with van der Waals surface area (Å²) in [5.74, 6) is -1.06. The van der Waals surface area contributed by atoms with Gasteiger partial charge in [0.15, 0.2) is 11.5 Å². The fourth-order valence-corrected chi connectivity index (χ4v) is 9.16. The van der Waals surface area contributed by atoms with Crippen molar-refractivity contribution in [1.29, 1.82) is 0 Å². The van der Waals surface area contributed by atoms with Crippen LogP contribution in [0.15, 0.2) is 48.5 Å². The van der Waals surface area contributed by atoms with Gasteiger partial charge in [-0.05, 0) is 137 Å². The summed E-state index contributed by atoms with van der Waals surface area (Å²) in [6, 6.07) is 12.2. The van der Waals surface area contributed by atoms with Crippen LogP contribution in [0.2, 0.25) is 0 Å². The molecule has 300 valence electrons. The molecule has 1 unspecified atom stereocenters. The van der Waals surface area contributed by atoms with Gasteiger partial charge in [0.05, 0.1) is 29.5 Å². The molecule has 12 nitrogen and oxygen atoms in total. The molecule has 2 saturated heterocycles. The molecule has 1 saturated carbocycles. The van der Waals surface area contributed by atoms with Gasteiger partial charge in [0.25, 0.3) is 17.7 Å². The Hall–Kier alpha value is -5.30. The molecule has 3 aromatic rings. The molecule has 3 fully saturated rings. The third kappa shape index (κ3) is 8.12. The second-order valence-corrected chi connectivity index (χ2v) is 16.1. The number of anilines is 2. The lowest BCUT2D eigenvalue weighted by molar-refractivity contribution is -0.136. The topological polar surface area (TPSA) is 152 Å². The van der Waals surface area contributed by atoms with Gasteiger partial charge in [-0.1, -0.05) is 19.3 Å². The van der Waals surface area contributed by atoms with Crippen LogP contribution >= 0.6 is 0 Å². The number of fused-ring (bicyclic) bond motifs is 2. The van der Waals surface area contributed by atoms with E-state index in [2.05, 4.69) is 10.2 Å². The van der Waals surface area contributed by atoms with Crippen LogP contribution in [0.25, 0.3) is 0 Å². The molecule has 0 aromatic heterocycles. The summed E-state index contributed by atoms with van der Waals surface area (Å²) < 4.78 is 27.4. The van der Waals surface area contributed by atoms with Crippen LogP contribution < -0.4 is 25.4 Å². The van der Waals surface area contributed by atoms with Crippen LogP contribution in [0, 0.1) is 5.82 Å². The van der Waals surface area contributed by atoms with Crippen molar-refractivity contribution in [3.8, 4) is 11.5 Å². The smallest absolute Gasteiger partial charge is 0.266 e. The number of nitrogen functional groups attached to an aromatic ring is 1. The van der Waals surface area contributed by atoms with Gasteiger partial charge in [-0.25, -0.2) is 9.29 Å². The summed E-state index contributed by atoms with van der Waals surface area (Å²) in [4.78, 5) is 69.0. The number of ether oxygens (including phenoxy) is 2. The Bertz CT molecular complexity index is 2080. The zero-order valence-electron chi connectivity index (χ0n) is 32.2.